The molecule has 2 aliphatic rings. The van der Waals surface area contributed by atoms with Gasteiger partial charge in [0, 0.05) is 42.1 Å². The van der Waals surface area contributed by atoms with E-state index in [4.69, 9.17) is 9.47 Å². The first-order chi connectivity index (χ1) is 12.8. The highest BCUT2D eigenvalue weighted by molar-refractivity contribution is 5.75. The van der Waals surface area contributed by atoms with Crippen molar-refractivity contribution in [1.29, 1.82) is 0 Å². The van der Waals surface area contributed by atoms with Crippen molar-refractivity contribution in [2.24, 2.45) is 0 Å². The molecular weight excluding hydrogens is 335 g/mol. The highest BCUT2D eigenvalue weighted by Crippen LogP contribution is 2.27. The Balaban J connectivity index is 1.51. The van der Waals surface area contributed by atoms with E-state index in [1.807, 2.05) is 24.4 Å². The van der Waals surface area contributed by atoms with Gasteiger partial charge in [-0.3, -0.25) is 0 Å². The summed E-state index contributed by atoms with van der Waals surface area (Å²) in [6, 6.07) is 7.15. The van der Waals surface area contributed by atoms with E-state index in [-0.39, 0.29) is 11.9 Å². The maximum Gasteiger partial charge on any atom is 0.181 e. The monoisotopic (exact) mass is 354 g/mol. The van der Waals surface area contributed by atoms with Crippen LogP contribution >= 0.6 is 0 Å². The second-order valence-corrected chi connectivity index (χ2v) is 6.67. The summed E-state index contributed by atoms with van der Waals surface area (Å²) in [6.45, 7) is 3.75. The van der Waals surface area contributed by atoms with Crippen LogP contribution in [0.25, 0.3) is 16.7 Å². The molecule has 0 spiro atoms. The number of aromatic nitrogens is 3. The summed E-state index contributed by atoms with van der Waals surface area (Å²) in [5.74, 6) is -0.300. The number of anilines is 1. The first-order valence-electron chi connectivity index (χ1n) is 8.87. The molecule has 0 N–H and O–H groups in total. The van der Waals surface area contributed by atoms with E-state index >= 15 is 0 Å². The molecule has 0 radical (unpaired) electrons. The molecule has 0 amide bonds. The Labute approximate surface area is 150 Å². The lowest BCUT2D eigenvalue weighted by Crippen LogP contribution is -2.37. The molecule has 26 heavy (non-hydrogen) atoms. The van der Waals surface area contributed by atoms with Crippen molar-refractivity contribution in [3.8, 4) is 5.69 Å². The van der Waals surface area contributed by atoms with Crippen LogP contribution in [0.15, 0.2) is 36.7 Å². The quantitative estimate of drug-likeness (QED) is 0.724. The van der Waals surface area contributed by atoms with Crippen molar-refractivity contribution >= 4 is 16.7 Å². The van der Waals surface area contributed by atoms with Gasteiger partial charge in [0.05, 0.1) is 19.8 Å². The average molecular weight is 354 g/mol. The van der Waals surface area contributed by atoms with Crippen LogP contribution in [-0.4, -0.2) is 47.7 Å². The zero-order valence-corrected chi connectivity index (χ0v) is 14.3. The second-order valence-electron chi connectivity index (χ2n) is 6.67. The molecule has 1 aromatic carbocycles. The number of fused-ring (bicyclic) bond motifs is 1. The van der Waals surface area contributed by atoms with E-state index in [0.29, 0.717) is 31.2 Å². The highest BCUT2D eigenvalue weighted by Gasteiger charge is 2.19. The zero-order valence-electron chi connectivity index (χ0n) is 14.3. The Morgan fingerprint density at radius 1 is 1.15 bits per heavy atom. The van der Waals surface area contributed by atoms with E-state index in [0.717, 1.165) is 29.7 Å². The summed E-state index contributed by atoms with van der Waals surface area (Å²) >= 11 is 0. The fourth-order valence-corrected chi connectivity index (χ4v) is 3.36. The van der Waals surface area contributed by atoms with Gasteiger partial charge in [-0.1, -0.05) is 0 Å². The van der Waals surface area contributed by atoms with Gasteiger partial charge in [0.2, 0.25) is 0 Å². The molecule has 0 aliphatic carbocycles. The van der Waals surface area contributed by atoms with Gasteiger partial charge in [0.1, 0.15) is 17.6 Å². The third kappa shape index (κ3) is 2.73. The van der Waals surface area contributed by atoms with Crippen LogP contribution in [0.4, 0.5) is 10.1 Å². The van der Waals surface area contributed by atoms with Gasteiger partial charge in [-0.2, -0.15) is 0 Å². The minimum absolute atomic E-state index is 0.115. The number of rotatable bonds is 3. The van der Waals surface area contributed by atoms with E-state index in [1.54, 1.807) is 10.9 Å². The highest BCUT2D eigenvalue weighted by atomic mass is 19.1. The largest absolute Gasteiger partial charge is 0.376 e. The number of benzene rings is 1. The number of halogens is 1. The fourth-order valence-electron chi connectivity index (χ4n) is 3.36. The van der Waals surface area contributed by atoms with Crippen molar-refractivity contribution in [3.05, 3.63) is 48.0 Å². The number of hydrogen-bond acceptors (Lipinski definition) is 5. The third-order valence-corrected chi connectivity index (χ3v) is 4.97. The molecule has 0 bridgehead atoms. The normalized spacial score (nSPS) is 20.3. The molecule has 7 heteroatoms. The van der Waals surface area contributed by atoms with E-state index < -0.39 is 0 Å². The Morgan fingerprint density at radius 2 is 2.08 bits per heavy atom. The standard InChI is InChI=1S/C19H19FN4O2/c20-16-3-2-15(23-4-1-5-23)9-17(16)24-11-14-8-13(10-21-19(14)22-24)18-12-25-6-7-26-18/h2-3,8-11,18H,1,4-7,12H2. The lowest BCUT2D eigenvalue weighted by Gasteiger charge is -2.33. The minimum Gasteiger partial charge on any atom is -0.376 e. The van der Waals surface area contributed by atoms with Crippen LogP contribution in [0.5, 0.6) is 0 Å². The lowest BCUT2D eigenvalue weighted by molar-refractivity contribution is -0.0902. The molecule has 2 aliphatic heterocycles. The molecule has 1 atom stereocenters. The van der Waals surface area contributed by atoms with Gasteiger partial charge >= 0.3 is 0 Å². The van der Waals surface area contributed by atoms with Crippen LogP contribution in [0.2, 0.25) is 0 Å². The summed E-state index contributed by atoms with van der Waals surface area (Å²) in [5, 5.41) is 5.30. The Kier molecular flexibility index (Phi) is 3.83. The molecule has 6 nitrogen and oxygen atoms in total. The van der Waals surface area contributed by atoms with E-state index in [9.17, 15) is 4.39 Å². The van der Waals surface area contributed by atoms with E-state index in [1.165, 1.54) is 12.5 Å². The van der Waals surface area contributed by atoms with Crippen molar-refractivity contribution < 1.29 is 13.9 Å². The van der Waals surface area contributed by atoms with Crippen molar-refractivity contribution in [2.45, 2.75) is 12.5 Å². The number of ether oxygens (including phenoxy) is 2. The summed E-state index contributed by atoms with van der Waals surface area (Å²) in [6.07, 6.45) is 4.63. The topological polar surface area (TPSA) is 52.4 Å². The van der Waals surface area contributed by atoms with Crippen LogP contribution < -0.4 is 4.90 Å². The molecule has 134 valence electrons. The smallest absolute Gasteiger partial charge is 0.181 e. The average Bonchev–Trinajstić information content (AvgIpc) is 3.05. The summed E-state index contributed by atoms with van der Waals surface area (Å²) in [4.78, 5) is 6.64. The number of nitrogens with zero attached hydrogens (tertiary/aromatic N) is 4. The van der Waals surface area contributed by atoms with Gasteiger partial charge in [-0.25, -0.2) is 14.1 Å². The molecule has 1 unspecified atom stereocenters. The van der Waals surface area contributed by atoms with Gasteiger partial charge < -0.3 is 14.4 Å². The first kappa shape index (κ1) is 15.7. The maximum atomic E-state index is 14.4. The van der Waals surface area contributed by atoms with Crippen molar-refractivity contribution in [3.63, 3.8) is 0 Å². The van der Waals surface area contributed by atoms with Gasteiger partial charge in [-0.15, -0.1) is 5.10 Å². The number of hydrogen-bond donors (Lipinski definition) is 0. The van der Waals surface area contributed by atoms with Gasteiger partial charge in [0.15, 0.2) is 5.65 Å². The summed E-state index contributed by atoms with van der Waals surface area (Å²) < 4.78 is 27.2. The van der Waals surface area contributed by atoms with Crippen LogP contribution in [0.1, 0.15) is 18.1 Å². The van der Waals surface area contributed by atoms with Crippen molar-refractivity contribution in [2.75, 3.05) is 37.8 Å². The third-order valence-electron chi connectivity index (χ3n) is 4.97. The Morgan fingerprint density at radius 3 is 2.85 bits per heavy atom. The predicted octanol–water partition coefficient (Wildman–Crippen LogP) is 2.86. The van der Waals surface area contributed by atoms with Crippen LogP contribution in [-0.2, 0) is 9.47 Å². The Bertz CT molecular complexity index is 948. The zero-order chi connectivity index (χ0) is 17.5. The molecule has 3 aromatic rings. The van der Waals surface area contributed by atoms with Gasteiger partial charge in [-0.05, 0) is 30.7 Å². The molecular formula is C19H19FN4O2. The Hall–Kier alpha value is -2.51. The van der Waals surface area contributed by atoms with Gasteiger partial charge in [0.25, 0.3) is 0 Å². The lowest BCUT2D eigenvalue weighted by atomic mass is 10.1. The minimum atomic E-state index is -0.300. The fraction of sp³-hybridized carbons (Fsp3) is 0.368. The molecule has 2 fully saturated rings. The summed E-state index contributed by atoms with van der Waals surface area (Å²) in [5.41, 5.74) is 2.99. The molecule has 5 rings (SSSR count). The molecule has 0 saturated carbocycles. The summed E-state index contributed by atoms with van der Waals surface area (Å²) in [7, 11) is 0. The number of pyridine rings is 1. The first-order valence-corrected chi connectivity index (χ1v) is 8.87. The molecule has 2 aromatic heterocycles. The van der Waals surface area contributed by atoms with E-state index in [2.05, 4.69) is 15.0 Å². The van der Waals surface area contributed by atoms with Crippen LogP contribution in [0.3, 0.4) is 0 Å². The SMILES string of the molecule is Fc1ccc(N2CCC2)cc1-n1cc2cc(C3COCCO3)cnc2n1. The second kappa shape index (κ2) is 6.34. The van der Waals surface area contributed by atoms with Crippen LogP contribution in [0, 0.1) is 5.82 Å². The van der Waals surface area contributed by atoms with Crippen molar-refractivity contribution in [1.82, 2.24) is 14.8 Å². The molecule has 2 saturated heterocycles. The maximum absolute atomic E-state index is 14.4. The predicted molar refractivity (Wildman–Crippen MR) is 95.2 cm³/mol. The molecule has 4 heterocycles.